The molecule has 7 heteroatoms. The van der Waals surface area contributed by atoms with Crippen molar-refractivity contribution >= 4 is 29.1 Å². The number of amides is 1. The Balaban J connectivity index is 2.26. The van der Waals surface area contributed by atoms with Crippen LogP contribution in [0.1, 0.15) is 5.56 Å². The Morgan fingerprint density at radius 1 is 1.36 bits per heavy atom. The van der Waals surface area contributed by atoms with Crippen LogP contribution in [0.25, 0.3) is 11.1 Å². The van der Waals surface area contributed by atoms with E-state index in [2.05, 4.69) is 0 Å². The number of primary amides is 1. The number of nitrogens with two attached hydrogens (primary N) is 1. The molecule has 1 unspecified atom stereocenters. The van der Waals surface area contributed by atoms with Crippen LogP contribution in [0.3, 0.4) is 0 Å². The van der Waals surface area contributed by atoms with Gasteiger partial charge in [0.25, 0.3) is 5.91 Å². The Labute approximate surface area is 135 Å². The van der Waals surface area contributed by atoms with E-state index in [0.717, 1.165) is 6.07 Å². The van der Waals surface area contributed by atoms with Gasteiger partial charge in [0.15, 0.2) is 17.7 Å². The highest BCUT2D eigenvalue weighted by molar-refractivity contribution is 6.39. The van der Waals surface area contributed by atoms with Gasteiger partial charge >= 0.3 is 0 Å². The van der Waals surface area contributed by atoms with Crippen molar-refractivity contribution in [2.24, 2.45) is 5.73 Å². The molecule has 22 heavy (non-hydrogen) atoms. The molecule has 2 aromatic carbocycles. The summed E-state index contributed by atoms with van der Waals surface area (Å²) >= 11 is 12.3. The van der Waals surface area contributed by atoms with Crippen molar-refractivity contribution in [3.05, 3.63) is 45.7 Å². The standard InChI is InChI=1S/C15H10Cl2FNO3/c16-8-2-1-3-9(17)12(8)6-4-10(18)13(20)7-5-11(15(19)21)22-14(6)7/h1-4,11,20H,5H2,(H2,19,21). The van der Waals surface area contributed by atoms with Crippen molar-refractivity contribution in [3.63, 3.8) is 0 Å². The molecule has 1 aliphatic rings. The van der Waals surface area contributed by atoms with E-state index >= 15 is 0 Å². The number of rotatable bonds is 2. The third-order valence-corrected chi connectivity index (χ3v) is 4.13. The van der Waals surface area contributed by atoms with Gasteiger partial charge in [-0.1, -0.05) is 29.3 Å². The lowest BCUT2D eigenvalue weighted by molar-refractivity contribution is -0.123. The van der Waals surface area contributed by atoms with Gasteiger partial charge in [-0.25, -0.2) is 4.39 Å². The minimum absolute atomic E-state index is 0.0106. The number of ether oxygens (including phenoxy) is 1. The van der Waals surface area contributed by atoms with Crippen LogP contribution in [-0.2, 0) is 11.2 Å². The predicted octanol–water partition coefficient (Wildman–Crippen LogP) is 3.29. The molecule has 1 amide bonds. The Kier molecular flexibility index (Phi) is 3.62. The molecule has 0 spiro atoms. The maximum Gasteiger partial charge on any atom is 0.258 e. The second-order valence-corrected chi connectivity index (χ2v) is 5.69. The molecule has 4 nitrogen and oxygen atoms in total. The molecule has 0 fully saturated rings. The lowest BCUT2D eigenvalue weighted by Crippen LogP contribution is -2.32. The summed E-state index contributed by atoms with van der Waals surface area (Å²) in [5.74, 6) is -1.95. The molecular formula is C15H10Cl2FNO3. The van der Waals surface area contributed by atoms with Crippen LogP contribution in [0, 0.1) is 5.82 Å². The summed E-state index contributed by atoms with van der Waals surface area (Å²) in [6, 6.07) is 5.92. The van der Waals surface area contributed by atoms with Gasteiger partial charge in [-0.15, -0.1) is 0 Å². The highest BCUT2D eigenvalue weighted by Gasteiger charge is 2.34. The number of carbonyl (C=O) groups is 1. The summed E-state index contributed by atoms with van der Waals surface area (Å²) in [4.78, 5) is 11.3. The smallest absolute Gasteiger partial charge is 0.258 e. The first-order chi connectivity index (χ1) is 10.4. The molecule has 0 radical (unpaired) electrons. The van der Waals surface area contributed by atoms with Gasteiger partial charge in [0.2, 0.25) is 0 Å². The van der Waals surface area contributed by atoms with Crippen LogP contribution in [-0.4, -0.2) is 17.1 Å². The summed E-state index contributed by atoms with van der Waals surface area (Å²) < 4.78 is 19.5. The second kappa shape index (κ2) is 5.34. The zero-order chi connectivity index (χ0) is 16.0. The lowest BCUT2D eigenvalue weighted by Gasteiger charge is -2.13. The summed E-state index contributed by atoms with van der Waals surface area (Å²) in [6.07, 6.45) is -0.980. The molecular weight excluding hydrogens is 332 g/mol. The summed E-state index contributed by atoms with van der Waals surface area (Å²) in [6.45, 7) is 0. The van der Waals surface area contributed by atoms with Gasteiger partial charge in [-0.2, -0.15) is 0 Å². The number of fused-ring (bicyclic) bond motifs is 1. The minimum Gasteiger partial charge on any atom is -0.505 e. The second-order valence-electron chi connectivity index (χ2n) is 4.87. The van der Waals surface area contributed by atoms with Gasteiger partial charge in [-0.3, -0.25) is 4.79 Å². The van der Waals surface area contributed by atoms with E-state index in [-0.39, 0.29) is 23.3 Å². The number of phenolic OH excluding ortho intramolecular Hbond substituents is 1. The molecule has 0 aromatic heterocycles. The molecule has 3 rings (SSSR count). The average Bonchev–Trinajstić information content (AvgIpc) is 2.89. The molecule has 0 saturated heterocycles. The number of halogens is 3. The van der Waals surface area contributed by atoms with Gasteiger partial charge in [0.05, 0.1) is 10.0 Å². The molecule has 0 bridgehead atoms. The van der Waals surface area contributed by atoms with Crippen LogP contribution in [0.4, 0.5) is 4.39 Å². The number of carbonyl (C=O) groups excluding carboxylic acids is 1. The van der Waals surface area contributed by atoms with Gasteiger partial charge in [-0.05, 0) is 18.2 Å². The quantitative estimate of drug-likeness (QED) is 0.880. The van der Waals surface area contributed by atoms with E-state index in [4.69, 9.17) is 33.7 Å². The third-order valence-electron chi connectivity index (χ3n) is 3.50. The third kappa shape index (κ3) is 2.26. The molecule has 1 aliphatic heterocycles. The molecule has 0 saturated carbocycles. The number of hydrogen-bond acceptors (Lipinski definition) is 3. The van der Waals surface area contributed by atoms with Crippen molar-refractivity contribution in [2.75, 3.05) is 0 Å². The maximum absolute atomic E-state index is 14.0. The van der Waals surface area contributed by atoms with E-state index in [0.29, 0.717) is 15.6 Å². The largest absolute Gasteiger partial charge is 0.505 e. The Bertz CT molecular complexity index is 775. The summed E-state index contributed by atoms with van der Waals surface area (Å²) in [5.41, 5.74) is 6.03. The van der Waals surface area contributed by atoms with Crippen molar-refractivity contribution in [1.82, 2.24) is 0 Å². The molecule has 2 aromatic rings. The first-order valence-corrected chi connectivity index (χ1v) is 7.10. The van der Waals surface area contributed by atoms with Crippen molar-refractivity contribution in [3.8, 4) is 22.6 Å². The molecule has 1 heterocycles. The number of aromatic hydroxyl groups is 1. The minimum atomic E-state index is -0.970. The zero-order valence-corrected chi connectivity index (χ0v) is 12.6. The van der Waals surface area contributed by atoms with Crippen LogP contribution in [0.15, 0.2) is 24.3 Å². The van der Waals surface area contributed by atoms with Crippen LogP contribution < -0.4 is 10.5 Å². The van der Waals surface area contributed by atoms with Crippen LogP contribution in [0.5, 0.6) is 11.5 Å². The van der Waals surface area contributed by atoms with E-state index in [1.165, 1.54) is 0 Å². The fourth-order valence-corrected chi connectivity index (χ4v) is 3.07. The first kappa shape index (κ1) is 14.9. The Morgan fingerprint density at radius 3 is 2.59 bits per heavy atom. The Morgan fingerprint density at radius 2 is 2.00 bits per heavy atom. The molecule has 1 atom stereocenters. The maximum atomic E-state index is 14.0. The SMILES string of the molecule is NC(=O)C1Cc2c(O)c(F)cc(-c3c(Cl)cccc3Cl)c2O1. The number of benzene rings is 2. The fourth-order valence-electron chi connectivity index (χ4n) is 2.47. The molecule has 0 aliphatic carbocycles. The van der Waals surface area contributed by atoms with Crippen molar-refractivity contribution in [1.29, 1.82) is 0 Å². The van der Waals surface area contributed by atoms with E-state index in [9.17, 15) is 14.3 Å². The first-order valence-electron chi connectivity index (χ1n) is 6.35. The lowest BCUT2D eigenvalue weighted by atomic mass is 9.99. The monoisotopic (exact) mass is 341 g/mol. The van der Waals surface area contributed by atoms with Gasteiger partial charge in [0, 0.05) is 23.1 Å². The van der Waals surface area contributed by atoms with Crippen LogP contribution in [0.2, 0.25) is 10.0 Å². The van der Waals surface area contributed by atoms with E-state index in [1.54, 1.807) is 18.2 Å². The number of hydrogen-bond donors (Lipinski definition) is 2. The summed E-state index contributed by atoms with van der Waals surface area (Å²) in [7, 11) is 0. The highest BCUT2D eigenvalue weighted by Crippen LogP contribution is 2.48. The van der Waals surface area contributed by atoms with Gasteiger partial charge in [0.1, 0.15) is 5.75 Å². The fraction of sp³-hybridized carbons (Fsp3) is 0.133. The predicted molar refractivity (Wildman–Crippen MR) is 80.8 cm³/mol. The Hall–Kier alpha value is -1.98. The average molecular weight is 342 g/mol. The van der Waals surface area contributed by atoms with Crippen molar-refractivity contribution in [2.45, 2.75) is 12.5 Å². The topological polar surface area (TPSA) is 72.6 Å². The highest BCUT2D eigenvalue weighted by atomic mass is 35.5. The van der Waals surface area contributed by atoms with Crippen LogP contribution >= 0.6 is 23.2 Å². The van der Waals surface area contributed by atoms with E-state index < -0.39 is 23.6 Å². The van der Waals surface area contributed by atoms with Crippen molar-refractivity contribution < 1.29 is 19.0 Å². The number of phenols is 1. The molecule has 3 N–H and O–H groups in total. The van der Waals surface area contributed by atoms with Gasteiger partial charge < -0.3 is 15.6 Å². The molecule has 114 valence electrons. The van der Waals surface area contributed by atoms with E-state index in [1.807, 2.05) is 0 Å². The normalized spacial score (nSPS) is 16.2. The summed E-state index contributed by atoms with van der Waals surface area (Å²) in [5, 5.41) is 10.4. The zero-order valence-electron chi connectivity index (χ0n) is 11.1.